The number of nitrogen functional groups attached to an aromatic ring is 1. The van der Waals surface area contributed by atoms with Crippen LogP contribution in [0.15, 0.2) is 30.9 Å². The number of nitrogens with zero attached hydrogens (tertiary/aromatic N) is 7. The number of amides is 1. The Morgan fingerprint density at radius 3 is 2.45 bits per heavy atom. The van der Waals surface area contributed by atoms with E-state index in [1.807, 2.05) is 30.9 Å². The first-order chi connectivity index (χ1) is 19.3. The Hall–Kier alpha value is -4.19. The minimum atomic E-state index is -0.977. The number of carbonyl (C=O) groups is 2. The quantitative estimate of drug-likeness (QED) is 0.296. The second-order valence-corrected chi connectivity index (χ2v) is 10.9. The topological polar surface area (TPSA) is 168 Å². The van der Waals surface area contributed by atoms with Gasteiger partial charge in [-0.3, -0.25) is 14.6 Å². The van der Waals surface area contributed by atoms with Gasteiger partial charge in [-0.2, -0.15) is 9.61 Å². The molecule has 6 rings (SSSR count). The fraction of sp³-hybridized carbons (Fsp3) is 0.464. The van der Waals surface area contributed by atoms with E-state index in [1.165, 1.54) is 17.8 Å². The van der Waals surface area contributed by atoms with E-state index in [4.69, 9.17) is 10.7 Å². The summed E-state index contributed by atoms with van der Waals surface area (Å²) in [6.45, 7) is 5.37. The number of pyridine rings is 1. The lowest BCUT2D eigenvalue weighted by Crippen LogP contribution is -2.46. The Morgan fingerprint density at radius 2 is 1.88 bits per heavy atom. The van der Waals surface area contributed by atoms with E-state index in [1.54, 1.807) is 12.4 Å². The lowest BCUT2D eigenvalue weighted by molar-refractivity contribution is 0.0240. The molecule has 0 spiro atoms. The van der Waals surface area contributed by atoms with E-state index in [-0.39, 0.29) is 41.3 Å². The van der Waals surface area contributed by atoms with Crippen molar-refractivity contribution in [1.29, 1.82) is 0 Å². The van der Waals surface area contributed by atoms with Crippen molar-refractivity contribution in [2.75, 3.05) is 5.73 Å². The number of H-pyrrole nitrogens is 1. The van der Waals surface area contributed by atoms with Crippen LogP contribution < -0.4 is 5.73 Å². The molecule has 40 heavy (non-hydrogen) atoms. The molecule has 2 fully saturated rings. The molecule has 12 heteroatoms. The van der Waals surface area contributed by atoms with Gasteiger partial charge in [-0.15, -0.1) is 10.2 Å². The molecule has 0 saturated carbocycles. The summed E-state index contributed by atoms with van der Waals surface area (Å²) in [5.41, 5.74) is 9.30. The van der Waals surface area contributed by atoms with Crippen molar-refractivity contribution in [3.05, 3.63) is 53.6 Å². The third-order valence-electron chi connectivity index (χ3n) is 8.76. The Bertz CT molecular complexity index is 1560. The van der Waals surface area contributed by atoms with Crippen molar-refractivity contribution in [2.45, 2.75) is 82.9 Å². The number of anilines is 1. The molecular formula is C28H33N9O3. The maximum atomic E-state index is 13.1. The number of rotatable bonds is 7. The predicted molar refractivity (Wildman–Crippen MR) is 146 cm³/mol. The lowest BCUT2D eigenvalue weighted by atomic mass is 9.85. The Labute approximate surface area is 231 Å². The summed E-state index contributed by atoms with van der Waals surface area (Å²) in [5, 5.41) is 23.0. The number of aromatic amines is 1. The normalized spacial score (nSPS) is 20.8. The highest BCUT2D eigenvalue weighted by molar-refractivity contribution is 6.00. The molecule has 2 bridgehead atoms. The number of Topliss-reactive ketones (excluding diaryl/α,β-unsaturated/α-hetero) is 1. The number of piperidine rings is 1. The van der Waals surface area contributed by atoms with Crippen molar-refractivity contribution in [3.63, 3.8) is 0 Å². The Balaban J connectivity index is 1.38. The maximum Gasteiger partial charge on any atom is 0.292 e. The third-order valence-corrected chi connectivity index (χ3v) is 8.76. The standard InChI is InChI=1S/C28H33N9O3/c1-4-28(40,5-2)21-9-6-16(12-30-21)20-13-33-37-24(29)22(15(3)38)23(34-26(20)37)17-10-18-7-8-19(11-17)36(18)27(39)25-31-14-32-35-25/h6,9,12-14,17-19,40H,4-5,7-8,10-11,29H2,1-3H3,(H,31,32,35)/t17-,18-,19+. The minimum absolute atomic E-state index is 0.0115. The maximum absolute atomic E-state index is 13.1. The van der Waals surface area contributed by atoms with Crippen LogP contribution in [0.2, 0.25) is 0 Å². The summed E-state index contributed by atoms with van der Waals surface area (Å²) in [5.74, 6) is 0.126. The monoisotopic (exact) mass is 543 g/mol. The van der Waals surface area contributed by atoms with Gasteiger partial charge in [0.25, 0.3) is 5.91 Å². The summed E-state index contributed by atoms with van der Waals surface area (Å²) >= 11 is 0. The number of hydrogen-bond donors (Lipinski definition) is 3. The van der Waals surface area contributed by atoms with Gasteiger partial charge in [0, 0.05) is 35.3 Å². The van der Waals surface area contributed by atoms with Crippen LogP contribution in [0.1, 0.15) is 97.6 Å². The summed E-state index contributed by atoms with van der Waals surface area (Å²) in [4.78, 5) is 40.3. The van der Waals surface area contributed by atoms with Gasteiger partial charge in [0.1, 0.15) is 17.7 Å². The van der Waals surface area contributed by atoms with Crippen LogP contribution in [0.25, 0.3) is 16.8 Å². The van der Waals surface area contributed by atoms with Crippen molar-refractivity contribution >= 4 is 23.2 Å². The van der Waals surface area contributed by atoms with Gasteiger partial charge in [0.2, 0.25) is 5.82 Å². The number of aromatic nitrogens is 7. The zero-order chi connectivity index (χ0) is 28.2. The van der Waals surface area contributed by atoms with E-state index in [0.29, 0.717) is 48.3 Å². The molecule has 3 atom stereocenters. The number of carbonyl (C=O) groups excluding carboxylic acids is 2. The average molecular weight is 544 g/mol. The first-order valence-electron chi connectivity index (χ1n) is 13.8. The smallest absolute Gasteiger partial charge is 0.292 e. The molecule has 1 amide bonds. The fourth-order valence-corrected chi connectivity index (χ4v) is 6.50. The van der Waals surface area contributed by atoms with Crippen molar-refractivity contribution in [2.24, 2.45) is 0 Å². The number of aliphatic hydroxyl groups is 1. The van der Waals surface area contributed by atoms with Crippen molar-refractivity contribution in [1.82, 2.24) is 39.7 Å². The summed E-state index contributed by atoms with van der Waals surface area (Å²) in [7, 11) is 0. The second-order valence-electron chi connectivity index (χ2n) is 10.9. The summed E-state index contributed by atoms with van der Waals surface area (Å²) < 4.78 is 1.51. The van der Waals surface area contributed by atoms with E-state index < -0.39 is 5.60 Å². The molecule has 4 aromatic rings. The van der Waals surface area contributed by atoms with Gasteiger partial charge in [-0.25, -0.2) is 4.98 Å². The molecular weight excluding hydrogens is 510 g/mol. The fourth-order valence-electron chi connectivity index (χ4n) is 6.50. The van der Waals surface area contributed by atoms with Crippen LogP contribution in [0.5, 0.6) is 0 Å². The predicted octanol–water partition coefficient (Wildman–Crippen LogP) is 3.25. The molecule has 6 heterocycles. The highest BCUT2D eigenvalue weighted by atomic mass is 16.3. The van der Waals surface area contributed by atoms with E-state index in [9.17, 15) is 14.7 Å². The van der Waals surface area contributed by atoms with Gasteiger partial charge in [0.15, 0.2) is 11.4 Å². The molecule has 0 unspecified atom stereocenters. The molecule has 2 saturated heterocycles. The molecule has 0 radical (unpaired) electrons. The highest BCUT2D eigenvalue weighted by Crippen LogP contribution is 2.45. The zero-order valence-electron chi connectivity index (χ0n) is 22.8. The summed E-state index contributed by atoms with van der Waals surface area (Å²) in [6.07, 6.45) is 9.03. The van der Waals surface area contributed by atoms with E-state index in [0.717, 1.165) is 24.0 Å². The number of ketones is 1. The van der Waals surface area contributed by atoms with Gasteiger partial charge in [0.05, 0.1) is 23.1 Å². The third kappa shape index (κ3) is 4.05. The Morgan fingerprint density at radius 1 is 1.15 bits per heavy atom. The molecule has 208 valence electrons. The van der Waals surface area contributed by atoms with E-state index >= 15 is 0 Å². The summed E-state index contributed by atoms with van der Waals surface area (Å²) in [6, 6.07) is 3.76. The second kappa shape index (κ2) is 9.77. The van der Waals surface area contributed by atoms with Crippen LogP contribution in [0.4, 0.5) is 5.82 Å². The number of nitrogens with two attached hydrogens (primary N) is 1. The van der Waals surface area contributed by atoms with Crippen LogP contribution in [0, 0.1) is 0 Å². The van der Waals surface area contributed by atoms with E-state index in [2.05, 4.69) is 25.3 Å². The molecule has 0 aliphatic carbocycles. The molecule has 2 aliphatic rings. The van der Waals surface area contributed by atoms with Gasteiger partial charge < -0.3 is 20.7 Å². The lowest BCUT2D eigenvalue weighted by Gasteiger charge is -2.38. The molecule has 12 nitrogen and oxygen atoms in total. The van der Waals surface area contributed by atoms with Crippen LogP contribution in [0.3, 0.4) is 0 Å². The van der Waals surface area contributed by atoms with Gasteiger partial charge in [-0.05, 0) is 51.5 Å². The first kappa shape index (κ1) is 26.1. The number of nitrogens with one attached hydrogen (secondary N) is 1. The zero-order valence-corrected chi connectivity index (χ0v) is 22.8. The average Bonchev–Trinajstić information content (AvgIpc) is 3.70. The molecule has 4 N–H and O–H groups in total. The molecule has 0 aromatic carbocycles. The van der Waals surface area contributed by atoms with Crippen LogP contribution in [-0.2, 0) is 5.60 Å². The molecule has 4 aromatic heterocycles. The Kier molecular flexibility index (Phi) is 6.37. The number of fused-ring (bicyclic) bond motifs is 3. The van der Waals surface area contributed by atoms with Crippen molar-refractivity contribution in [3.8, 4) is 11.1 Å². The number of hydrogen-bond acceptors (Lipinski definition) is 9. The van der Waals surface area contributed by atoms with Crippen LogP contribution >= 0.6 is 0 Å². The minimum Gasteiger partial charge on any atom is -0.384 e. The largest absolute Gasteiger partial charge is 0.384 e. The molecule has 2 aliphatic heterocycles. The first-order valence-corrected chi connectivity index (χ1v) is 13.8. The van der Waals surface area contributed by atoms with Crippen molar-refractivity contribution < 1.29 is 14.7 Å². The van der Waals surface area contributed by atoms with Gasteiger partial charge >= 0.3 is 0 Å². The van der Waals surface area contributed by atoms with Crippen LogP contribution in [-0.4, -0.2) is 68.5 Å². The van der Waals surface area contributed by atoms with Gasteiger partial charge in [-0.1, -0.05) is 19.9 Å². The SMILES string of the molecule is CCC(O)(CC)c1ccc(-c2cnn3c(N)c(C(C)=O)c([C@@H]4C[C@H]5CC[C@@H](C4)N5C(=O)c4nnc[nH]4)nc23)cn1. The highest BCUT2D eigenvalue weighted by Gasteiger charge is 2.45.